The fourth-order valence-corrected chi connectivity index (χ4v) is 3.56. The van der Waals surface area contributed by atoms with Crippen molar-refractivity contribution in [3.63, 3.8) is 0 Å². The molecule has 1 atom stereocenters. The van der Waals surface area contributed by atoms with E-state index in [1.54, 1.807) is 35.0 Å². The van der Waals surface area contributed by atoms with E-state index in [-0.39, 0.29) is 17.1 Å². The molecule has 1 aliphatic rings. The Morgan fingerprint density at radius 3 is 2.59 bits per heavy atom. The molecule has 3 N–H and O–H groups in total. The van der Waals surface area contributed by atoms with Crippen LogP contribution in [-0.4, -0.2) is 40.5 Å². The van der Waals surface area contributed by atoms with Crippen molar-refractivity contribution < 1.29 is 24.2 Å². The summed E-state index contributed by atoms with van der Waals surface area (Å²) >= 11 is 0. The Labute approximate surface area is 184 Å². The molecule has 2 heterocycles. The van der Waals surface area contributed by atoms with Crippen LogP contribution in [0, 0.1) is 0 Å². The molecule has 1 aliphatic heterocycles. The molecule has 2 aromatic carbocycles. The van der Waals surface area contributed by atoms with Gasteiger partial charge in [-0.05, 0) is 31.2 Å². The van der Waals surface area contributed by atoms with Crippen LogP contribution in [0.4, 0.5) is 11.5 Å². The number of carboxylic acids is 1. The van der Waals surface area contributed by atoms with Crippen LogP contribution in [0.15, 0.2) is 66.5 Å². The first-order valence-corrected chi connectivity index (χ1v) is 9.99. The number of amides is 1. The second-order valence-electron chi connectivity index (χ2n) is 6.93. The molecule has 0 spiro atoms. The summed E-state index contributed by atoms with van der Waals surface area (Å²) in [5, 5.41) is 19.7. The maximum absolute atomic E-state index is 13.1. The number of para-hydroxylation sites is 3. The van der Waals surface area contributed by atoms with E-state index in [4.69, 9.17) is 9.47 Å². The third kappa shape index (κ3) is 3.87. The van der Waals surface area contributed by atoms with E-state index in [1.165, 1.54) is 13.3 Å². The minimum atomic E-state index is -1.15. The van der Waals surface area contributed by atoms with Gasteiger partial charge in [0, 0.05) is 5.56 Å². The molecule has 164 valence electrons. The van der Waals surface area contributed by atoms with Crippen LogP contribution in [0.5, 0.6) is 11.5 Å². The van der Waals surface area contributed by atoms with Crippen LogP contribution in [0.1, 0.15) is 28.9 Å². The van der Waals surface area contributed by atoms with Gasteiger partial charge in [-0.3, -0.25) is 4.79 Å². The van der Waals surface area contributed by atoms with Crippen molar-refractivity contribution in [1.29, 1.82) is 0 Å². The average Bonchev–Trinajstić information content (AvgIpc) is 3.24. The van der Waals surface area contributed by atoms with Gasteiger partial charge in [0.2, 0.25) is 0 Å². The number of carboxylic acid groups (broad SMARTS) is 1. The average molecular weight is 434 g/mol. The Bertz CT molecular complexity index is 1200. The van der Waals surface area contributed by atoms with Gasteiger partial charge in [-0.25, -0.2) is 9.48 Å². The van der Waals surface area contributed by atoms with Crippen LogP contribution in [0.3, 0.4) is 0 Å². The van der Waals surface area contributed by atoms with E-state index in [1.807, 2.05) is 31.2 Å². The maximum Gasteiger partial charge on any atom is 0.352 e. The molecule has 1 amide bonds. The summed E-state index contributed by atoms with van der Waals surface area (Å²) in [4.78, 5) is 24.9. The molecular weight excluding hydrogens is 412 g/mol. The van der Waals surface area contributed by atoms with E-state index in [9.17, 15) is 14.7 Å². The number of aromatic nitrogens is 2. The number of allylic oxidation sites excluding steroid dienone is 1. The molecule has 3 aromatic rings. The third-order valence-electron chi connectivity index (χ3n) is 5.00. The van der Waals surface area contributed by atoms with Crippen molar-refractivity contribution in [2.24, 2.45) is 0 Å². The zero-order valence-electron chi connectivity index (χ0n) is 17.5. The summed E-state index contributed by atoms with van der Waals surface area (Å²) in [5.41, 5.74) is 1.36. The minimum absolute atomic E-state index is 0.0550. The Kier molecular flexibility index (Phi) is 5.80. The van der Waals surface area contributed by atoms with Crippen molar-refractivity contribution in [1.82, 2.24) is 9.78 Å². The second kappa shape index (κ2) is 8.84. The number of fused-ring (bicyclic) bond motifs is 1. The van der Waals surface area contributed by atoms with Gasteiger partial charge >= 0.3 is 5.97 Å². The minimum Gasteiger partial charge on any atom is -0.495 e. The van der Waals surface area contributed by atoms with E-state index < -0.39 is 17.9 Å². The third-order valence-corrected chi connectivity index (χ3v) is 5.00. The number of nitrogens with zero attached hydrogens (tertiary/aromatic N) is 2. The van der Waals surface area contributed by atoms with Gasteiger partial charge in [-0.15, -0.1) is 0 Å². The number of carbonyl (C=O) groups excluding carboxylic acids is 1. The number of ether oxygens (including phenoxy) is 2. The Morgan fingerprint density at radius 1 is 1.16 bits per heavy atom. The Balaban J connectivity index is 1.75. The highest BCUT2D eigenvalue weighted by Gasteiger charge is 2.31. The van der Waals surface area contributed by atoms with Gasteiger partial charge < -0.3 is 25.2 Å². The molecule has 0 unspecified atom stereocenters. The van der Waals surface area contributed by atoms with Gasteiger partial charge in [0.15, 0.2) is 0 Å². The SMILES string of the molecule is CCOc1ccccc1[C@@H]1C=C(C(=O)O)Nc2c(C(=O)Nc3ccccc3OC)cnn21. The van der Waals surface area contributed by atoms with Gasteiger partial charge in [-0.2, -0.15) is 5.10 Å². The van der Waals surface area contributed by atoms with Crippen LogP contribution in [-0.2, 0) is 4.79 Å². The molecule has 9 heteroatoms. The predicted octanol–water partition coefficient (Wildman–Crippen LogP) is 3.53. The Morgan fingerprint density at radius 2 is 1.88 bits per heavy atom. The largest absolute Gasteiger partial charge is 0.495 e. The van der Waals surface area contributed by atoms with Crippen LogP contribution in [0.25, 0.3) is 0 Å². The van der Waals surface area contributed by atoms with Crippen molar-refractivity contribution >= 4 is 23.4 Å². The number of carbonyl (C=O) groups is 2. The van der Waals surface area contributed by atoms with E-state index in [0.717, 1.165) is 5.56 Å². The molecule has 0 saturated carbocycles. The number of aliphatic carboxylic acids is 1. The van der Waals surface area contributed by atoms with Gasteiger partial charge in [0.05, 0.1) is 25.6 Å². The van der Waals surface area contributed by atoms with Crippen molar-refractivity contribution in [3.05, 3.63) is 77.6 Å². The number of rotatable bonds is 7. The van der Waals surface area contributed by atoms with E-state index >= 15 is 0 Å². The first-order valence-electron chi connectivity index (χ1n) is 9.99. The standard InChI is InChI=1S/C23H22N4O5/c1-3-32-19-10-6-4-8-14(19)18-12-17(23(29)30)25-21-15(13-24-27(18)21)22(28)26-16-9-5-7-11-20(16)31-2/h4-13,18,25H,3H2,1-2H3,(H,26,28)(H,29,30)/t18-/m0/s1. The fourth-order valence-electron chi connectivity index (χ4n) is 3.56. The maximum atomic E-state index is 13.1. The first-order chi connectivity index (χ1) is 15.5. The second-order valence-corrected chi connectivity index (χ2v) is 6.93. The summed E-state index contributed by atoms with van der Waals surface area (Å²) in [5.74, 6) is -0.207. The summed E-state index contributed by atoms with van der Waals surface area (Å²) in [6.45, 7) is 2.33. The quantitative estimate of drug-likeness (QED) is 0.521. The molecule has 0 bridgehead atoms. The summed E-state index contributed by atoms with van der Waals surface area (Å²) in [6, 6.07) is 13.8. The smallest absolute Gasteiger partial charge is 0.352 e. The zero-order chi connectivity index (χ0) is 22.7. The molecule has 0 aliphatic carbocycles. The first kappa shape index (κ1) is 21.0. The van der Waals surface area contributed by atoms with Gasteiger partial charge in [0.1, 0.15) is 34.6 Å². The molecule has 0 radical (unpaired) electrons. The fraction of sp³-hybridized carbons (Fsp3) is 0.174. The number of anilines is 2. The highest BCUT2D eigenvalue weighted by atomic mass is 16.5. The van der Waals surface area contributed by atoms with Gasteiger partial charge in [0.25, 0.3) is 5.91 Å². The van der Waals surface area contributed by atoms with Crippen molar-refractivity contribution in [2.45, 2.75) is 13.0 Å². The Hall–Kier alpha value is -4.27. The van der Waals surface area contributed by atoms with Crippen LogP contribution >= 0.6 is 0 Å². The lowest BCUT2D eigenvalue weighted by Crippen LogP contribution is -2.26. The molecule has 0 fully saturated rings. The number of hydrogen-bond donors (Lipinski definition) is 3. The number of benzene rings is 2. The lowest BCUT2D eigenvalue weighted by atomic mass is 10.0. The zero-order valence-corrected chi connectivity index (χ0v) is 17.5. The molecule has 32 heavy (non-hydrogen) atoms. The molecule has 9 nitrogen and oxygen atoms in total. The van der Waals surface area contributed by atoms with Crippen molar-refractivity contribution in [3.8, 4) is 11.5 Å². The normalized spacial score (nSPS) is 14.6. The van der Waals surface area contributed by atoms with E-state index in [0.29, 0.717) is 23.8 Å². The number of methoxy groups -OCH3 is 1. The van der Waals surface area contributed by atoms with E-state index in [2.05, 4.69) is 15.7 Å². The topological polar surface area (TPSA) is 115 Å². The summed E-state index contributed by atoms with van der Waals surface area (Å²) < 4.78 is 12.6. The highest BCUT2D eigenvalue weighted by Crippen LogP contribution is 2.36. The molecular formula is C23H22N4O5. The molecule has 0 saturated heterocycles. The highest BCUT2D eigenvalue weighted by molar-refractivity contribution is 6.09. The lowest BCUT2D eigenvalue weighted by Gasteiger charge is -2.25. The number of nitrogens with one attached hydrogen (secondary N) is 2. The predicted molar refractivity (Wildman–Crippen MR) is 118 cm³/mol. The molecule has 4 rings (SSSR count). The van der Waals surface area contributed by atoms with Crippen LogP contribution in [0.2, 0.25) is 0 Å². The molecule has 1 aromatic heterocycles. The monoisotopic (exact) mass is 434 g/mol. The summed E-state index contributed by atoms with van der Waals surface area (Å²) in [7, 11) is 1.51. The van der Waals surface area contributed by atoms with Crippen LogP contribution < -0.4 is 20.1 Å². The van der Waals surface area contributed by atoms with Crippen molar-refractivity contribution in [2.75, 3.05) is 24.4 Å². The lowest BCUT2D eigenvalue weighted by molar-refractivity contribution is -0.132. The number of hydrogen-bond acceptors (Lipinski definition) is 6. The summed E-state index contributed by atoms with van der Waals surface area (Å²) in [6.07, 6.45) is 2.95. The van der Waals surface area contributed by atoms with Gasteiger partial charge in [-0.1, -0.05) is 30.3 Å².